The largest absolute Gasteiger partial charge is 0.356 e. The first-order valence-electron chi connectivity index (χ1n) is 12.9. The lowest BCUT2D eigenvalue weighted by Gasteiger charge is -2.25. The molecule has 6 nitrogen and oxygen atoms in total. The Hall–Kier alpha value is -2.93. The van der Waals surface area contributed by atoms with Crippen molar-refractivity contribution in [3.8, 4) is 0 Å². The van der Waals surface area contributed by atoms with Crippen molar-refractivity contribution >= 4 is 52.4 Å². The standard InChI is InChI=1S/C30H32Cl3N3O3/c1-21(18-29(38)35-16-12-22-2-6-25(31)7-3-22)30(39)36(17-13-24-5-8-26(32)19-28(24)33)20-27(37)9-4-23-10-14-34-15-11-23/h2-3,5-8,10-11,14-15,19,21H,4,9,12-13,16-18,20H2,1H3,(H,35,38). The number of benzene rings is 2. The van der Waals surface area contributed by atoms with E-state index in [1.807, 2.05) is 42.5 Å². The molecule has 1 aromatic heterocycles. The topological polar surface area (TPSA) is 79.4 Å². The van der Waals surface area contributed by atoms with Gasteiger partial charge in [0.1, 0.15) is 0 Å². The van der Waals surface area contributed by atoms with E-state index in [4.69, 9.17) is 34.8 Å². The molecule has 0 spiro atoms. The molecule has 1 atom stereocenters. The molecular weight excluding hydrogens is 557 g/mol. The molecule has 3 rings (SSSR count). The number of aromatic nitrogens is 1. The molecule has 39 heavy (non-hydrogen) atoms. The normalized spacial score (nSPS) is 11.6. The lowest BCUT2D eigenvalue weighted by atomic mass is 10.0. The van der Waals surface area contributed by atoms with Crippen LogP contribution < -0.4 is 5.32 Å². The maximum atomic E-state index is 13.4. The van der Waals surface area contributed by atoms with Crippen molar-refractivity contribution in [1.29, 1.82) is 0 Å². The van der Waals surface area contributed by atoms with Crippen molar-refractivity contribution < 1.29 is 14.4 Å². The Kier molecular flexibility index (Phi) is 12.2. The van der Waals surface area contributed by atoms with Gasteiger partial charge in [0.15, 0.2) is 5.78 Å². The van der Waals surface area contributed by atoms with Crippen molar-refractivity contribution in [3.05, 3.63) is 98.7 Å². The van der Waals surface area contributed by atoms with Gasteiger partial charge >= 0.3 is 0 Å². The molecule has 2 aromatic carbocycles. The average Bonchev–Trinajstić information content (AvgIpc) is 2.92. The van der Waals surface area contributed by atoms with Gasteiger partial charge in [0.05, 0.1) is 6.54 Å². The first-order valence-corrected chi connectivity index (χ1v) is 14.0. The Morgan fingerprint density at radius 3 is 2.23 bits per heavy atom. The molecule has 0 bridgehead atoms. The van der Waals surface area contributed by atoms with E-state index >= 15 is 0 Å². The minimum Gasteiger partial charge on any atom is -0.356 e. The average molecular weight is 589 g/mol. The van der Waals surface area contributed by atoms with E-state index < -0.39 is 5.92 Å². The third-order valence-electron chi connectivity index (χ3n) is 6.35. The number of halogens is 3. The second-order valence-corrected chi connectivity index (χ2v) is 10.8. The van der Waals surface area contributed by atoms with Crippen molar-refractivity contribution in [2.45, 2.75) is 39.0 Å². The highest BCUT2D eigenvalue weighted by molar-refractivity contribution is 6.35. The van der Waals surface area contributed by atoms with Crippen molar-refractivity contribution in [3.63, 3.8) is 0 Å². The molecule has 0 aliphatic heterocycles. The molecule has 0 saturated heterocycles. The molecule has 9 heteroatoms. The van der Waals surface area contributed by atoms with E-state index in [1.54, 1.807) is 31.5 Å². The van der Waals surface area contributed by atoms with Crippen LogP contribution in [0.15, 0.2) is 67.0 Å². The number of Topliss-reactive ketones (excluding diaryl/α,β-unsaturated/α-hetero) is 1. The van der Waals surface area contributed by atoms with E-state index in [0.29, 0.717) is 53.8 Å². The fraction of sp³-hybridized carbons (Fsp3) is 0.333. The zero-order chi connectivity index (χ0) is 28.2. The predicted molar refractivity (Wildman–Crippen MR) is 156 cm³/mol. The summed E-state index contributed by atoms with van der Waals surface area (Å²) in [5.41, 5.74) is 2.89. The Labute approximate surface area is 244 Å². The van der Waals surface area contributed by atoms with Crippen LogP contribution in [0.5, 0.6) is 0 Å². The van der Waals surface area contributed by atoms with Crippen LogP contribution in [-0.2, 0) is 33.6 Å². The monoisotopic (exact) mass is 587 g/mol. The first kappa shape index (κ1) is 30.6. The molecule has 206 valence electrons. The van der Waals surface area contributed by atoms with E-state index in [2.05, 4.69) is 10.3 Å². The van der Waals surface area contributed by atoms with Gasteiger partial charge in [-0.3, -0.25) is 19.4 Å². The summed E-state index contributed by atoms with van der Waals surface area (Å²) in [4.78, 5) is 44.3. The Morgan fingerprint density at radius 2 is 1.54 bits per heavy atom. The van der Waals surface area contributed by atoms with Crippen molar-refractivity contribution in [1.82, 2.24) is 15.2 Å². The lowest BCUT2D eigenvalue weighted by molar-refractivity contribution is -0.140. The van der Waals surface area contributed by atoms with E-state index in [1.165, 1.54) is 4.90 Å². The molecule has 0 aliphatic rings. The molecule has 0 aliphatic carbocycles. The minimum absolute atomic E-state index is 0.0301. The number of amides is 2. The fourth-order valence-electron chi connectivity index (χ4n) is 4.12. The number of aryl methyl sites for hydroxylation is 1. The number of nitrogens with one attached hydrogen (secondary N) is 1. The summed E-state index contributed by atoms with van der Waals surface area (Å²) in [6.07, 6.45) is 5.39. The van der Waals surface area contributed by atoms with Crippen LogP contribution in [-0.4, -0.2) is 47.1 Å². The second kappa shape index (κ2) is 15.6. The fourth-order valence-corrected chi connectivity index (χ4v) is 4.75. The van der Waals surface area contributed by atoms with Gasteiger partial charge in [-0.2, -0.15) is 0 Å². The van der Waals surface area contributed by atoms with E-state index in [0.717, 1.165) is 16.7 Å². The maximum Gasteiger partial charge on any atom is 0.226 e. The third kappa shape index (κ3) is 10.6. The predicted octanol–water partition coefficient (Wildman–Crippen LogP) is 6.00. The molecule has 0 fully saturated rings. The molecule has 2 amide bonds. The van der Waals surface area contributed by atoms with E-state index in [-0.39, 0.29) is 30.6 Å². The summed E-state index contributed by atoms with van der Waals surface area (Å²) >= 11 is 18.3. The van der Waals surface area contributed by atoms with Crippen LogP contribution in [0.2, 0.25) is 15.1 Å². The summed E-state index contributed by atoms with van der Waals surface area (Å²) in [6, 6.07) is 16.4. The number of hydrogen-bond donors (Lipinski definition) is 1. The van der Waals surface area contributed by atoms with E-state index in [9.17, 15) is 14.4 Å². The van der Waals surface area contributed by atoms with Crippen molar-refractivity contribution in [2.24, 2.45) is 5.92 Å². The molecule has 0 saturated carbocycles. The Morgan fingerprint density at radius 1 is 0.872 bits per heavy atom. The second-order valence-electron chi connectivity index (χ2n) is 9.47. The Bertz CT molecular complexity index is 1250. The number of ketones is 1. The first-order chi connectivity index (χ1) is 18.7. The van der Waals surface area contributed by atoms with Crippen LogP contribution in [0.4, 0.5) is 0 Å². The number of carbonyl (C=O) groups excluding carboxylic acids is 3. The zero-order valence-electron chi connectivity index (χ0n) is 21.8. The molecule has 1 N–H and O–H groups in total. The molecule has 3 aromatic rings. The molecular formula is C30H32Cl3N3O3. The van der Waals surface area contributed by atoms with Gasteiger partial charge in [-0.1, -0.05) is 59.9 Å². The van der Waals surface area contributed by atoms with Gasteiger partial charge in [0, 0.05) is 59.3 Å². The van der Waals surface area contributed by atoms with Crippen molar-refractivity contribution in [2.75, 3.05) is 19.6 Å². The van der Waals surface area contributed by atoms with Gasteiger partial charge < -0.3 is 10.2 Å². The Balaban J connectivity index is 1.57. The summed E-state index contributed by atoms with van der Waals surface area (Å²) in [5.74, 6) is -1.10. The summed E-state index contributed by atoms with van der Waals surface area (Å²) < 4.78 is 0. The summed E-state index contributed by atoms with van der Waals surface area (Å²) in [7, 11) is 0. The zero-order valence-corrected chi connectivity index (χ0v) is 24.1. The van der Waals surface area contributed by atoms with Crippen LogP contribution in [0, 0.1) is 5.92 Å². The van der Waals surface area contributed by atoms with Gasteiger partial charge in [-0.05, 0) is 72.4 Å². The number of nitrogens with zero attached hydrogens (tertiary/aromatic N) is 2. The van der Waals surface area contributed by atoms with Crippen LogP contribution in [0.25, 0.3) is 0 Å². The molecule has 0 radical (unpaired) electrons. The van der Waals surface area contributed by atoms with Gasteiger partial charge in [-0.15, -0.1) is 0 Å². The van der Waals surface area contributed by atoms with Crippen LogP contribution >= 0.6 is 34.8 Å². The number of hydrogen-bond acceptors (Lipinski definition) is 4. The SMILES string of the molecule is CC(CC(=O)NCCc1ccc(Cl)cc1)C(=O)N(CCc1ccc(Cl)cc1Cl)CC(=O)CCc1ccncc1. The highest BCUT2D eigenvalue weighted by atomic mass is 35.5. The number of carbonyl (C=O) groups is 3. The highest BCUT2D eigenvalue weighted by Crippen LogP contribution is 2.22. The summed E-state index contributed by atoms with van der Waals surface area (Å²) in [5, 5.41) is 4.57. The van der Waals surface area contributed by atoms with Crippen LogP contribution in [0.3, 0.4) is 0 Å². The molecule has 1 heterocycles. The summed E-state index contributed by atoms with van der Waals surface area (Å²) in [6.45, 7) is 2.43. The number of rotatable bonds is 14. The van der Waals surface area contributed by atoms with Gasteiger partial charge in [0.2, 0.25) is 11.8 Å². The highest BCUT2D eigenvalue weighted by Gasteiger charge is 2.25. The lowest BCUT2D eigenvalue weighted by Crippen LogP contribution is -2.41. The molecule has 1 unspecified atom stereocenters. The number of pyridine rings is 1. The third-order valence-corrected chi connectivity index (χ3v) is 7.19. The maximum absolute atomic E-state index is 13.4. The van der Waals surface area contributed by atoms with Gasteiger partial charge in [-0.25, -0.2) is 0 Å². The smallest absolute Gasteiger partial charge is 0.226 e. The van der Waals surface area contributed by atoms with Crippen LogP contribution in [0.1, 0.15) is 36.5 Å². The van der Waals surface area contributed by atoms with Gasteiger partial charge in [0.25, 0.3) is 0 Å². The quantitative estimate of drug-likeness (QED) is 0.251. The minimum atomic E-state index is -0.589.